The van der Waals surface area contributed by atoms with Crippen LogP contribution < -0.4 is 4.72 Å². The van der Waals surface area contributed by atoms with Gasteiger partial charge in [0.2, 0.25) is 0 Å². The summed E-state index contributed by atoms with van der Waals surface area (Å²) in [6, 6.07) is 1.71. The number of H-pyrrole nitrogens is 1. The van der Waals surface area contributed by atoms with Gasteiger partial charge in [-0.3, -0.25) is 14.5 Å². The lowest BCUT2D eigenvalue weighted by atomic mass is 10.3. The number of sulfonamides is 1. The SMILES string of the molecule is Cc1nn(C)c2ncc(NS(=O)(=O)c3cn[nH]c3)cc12. The summed E-state index contributed by atoms with van der Waals surface area (Å²) in [5.74, 6) is 0. The third-order valence-corrected chi connectivity index (χ3v) is 4.25. The number of aromatic amines is 1. The third kappa shape index (κ3) is 2.01. The largest absolute Gasteiger partial charge is 0.284 e. The maximum atomic E-state index is 12.1. The number of pyridine rings is 1. The summed E-state index contributed by atoms with van der Waals surface area (Å²) in [4.78, 5) is 4.29. The van der Waals surface area contributed by atoms with Gasteiger partial charge in [0.05, 0.1) is 23.8 Å². The smallest absolute Gasteiger partial charge is 0.265 e. The summed E-state index contributed by atoms with van der Waals surface area (Å²) < 4.78 is 28.3. The summed E-state index contributed by atoms with van der Waals surface area (Å²) in [5.41, 5.74) is 1.88. The van der Waals surface area contributed by atoms with E-state index in [2.05, 4.69) is 25.0 Å². The highest BCUT2D eigenvalue weighted by atomic mass is 32.2. The van der Waals surface area contributed by atoms with Crippen molar-refractivity contribution in [3.63, 3.8) is 0 Å². The molecule has 0 unspecified atom stereocenters. The van der Waals surface area contributed by atoms with Gasteiger partial charge in [-0.25, -0.2) is 13.4 Å². The van der Waals surface area contributed by atoms with Gasteiger partial charge in [0.1, 0.15) is 4.90 Å². The van der Waals surface area contributed by atoms with Crippen LogP contribution in [0.5, 0.6) is 0 Å². The van der Waals surface area contributed by atoms with Gasteiger partial charge >= 0.3 is 0 Å². The number of hydrogen-bond donors (Lipinski definition) is 2. The van der Waals surface area contributed by atoms with Crippen LogP contribution in [0.3, 0.4) is 0 Å². The number of rotatable bonds is 3. The zero-order valence-corrected chi connectivity index (χ0v) is 11.6. The quantitative estimate of drug-likeness (QED) is 0.742. The van der Waals surface area contributed by atoms with Gasteiger partial charge in [-0.1, -0.05) is 0 Å². The molecule has 20 heavy (non-hydrogen) atoms. The zero-order chi connectivity index (χ0) is 14.3. The number of anilines is 1. The van der Waals surface area contributed by atoms with Crippen molar-refractivity contribution in [3.05, 3.63) is 30.4 Å². The van der Waals surface area contributed by atoms with Crippen molar-refractivity contribution < 1.29 is 8.42 Å². The van der Waals surface area contributed by atoms with E-state index in [0.717, 1.165) is 11.1 Å². The molecule has 0 spiro atoms. The minimum atomic E-state index is -3.66. The van der Waals surface area contributed by atoms with Crippen LogP contribution in [-0.4, -0.2) is 33.4 Å². The minimum absolute atomic E-state index is 0.0699. The lowest BCUT2D eigenvalue weighted by molar-refractivity contribution is 0.601. The fraction of sp³-hybridized carbons (Fsp3) is 0.182. The van der Waals surface area contributed by atoms with E-state index in [1.165, 1.54) is 18.6 Å². The van der Waals surface area contributed by atoms with E-state index in [9.17, 15) is 8.42 Å². The first-order chi connectivity index (χ1) is 9.47. The highest BCUT2D eigenvalue weighted by Crippen LogP contribution is 2.21. The van der Waals surface area contributed by atoms with Crippen LogP contribution in [0.15, 0.2) is 29.6 Å². The summed E-state index contributed by atoms with van der Waals surface area (Å²) >= 11 is 0. The molecular formula is C11H12N6O2S. The zero-order valence-electron chi connectivity index (χ0n) is 10.8. The number of nitrogens with one attached hydrogen (secondary N) is 2. The van der Waals surface area contributed by atoms with Crippen LogP contribution >= 0.6 is 0 Å². The van der Waals surface area contributed by atoms with Crippen molar-refractivity contribution in [1.82, 2.24) is 25.0 Å². The first-order valence-electron chi connectivity index (χ1n) is 5.78. The molecule has 0 saturated heterocycles. The Hall–Kier alpha value is -2.42. The van der Waals surface area contributed by atoms with E-state index in [0.29, 0.717) is 11.3 Å². The Kier molecular flexibility index (Phi) is 2.71. The second-order valence-corrected chi connectivity index (χ2v) is 6.03. The van der Waals surface area contributed by atoms with Crippen molar-refractivity contribution in [1.29, 1.82) is 0 Å². The maximum Gasteiger partial charge on any atom is 0.265 e. The molecule has 0 aromatic carbocycles. The second kappa shape index (κ2) is 4.30. The van der Waals surface area contributed by atoms with Gasteiger partial charge in [0.25, 0.3) is 10.0 Å². The van der Waals surface area contributed by atoms with Gasteiger partial charge in [-0.2, -0.15) is 10.2 Å². The predicted octanol–water partition coefficient (Wildman–Crippen LogP) is 0.801. The van der Waals surface area contributed by atoms with Crippen LogP contribution in [0, 0.1) is 6.92 Å². The number of aryl methyl sites for hydroxylation is 2. The lowest BCUT2D eigenvalue weighted by Gasteiger charge is -2.05. The Labute approximate surface area is 114 Å². The molecule has 0 aliphatic carbocycles. The molecule has 3 aromatic heterocycles. The topological polar surface area (TPSA) is 106 Å². The summed E-state index contributed by atoms with van der Waals surface area (Å²) in [5, 5.41) is 11.1. The molecule has 0 aliphatic heterocycles. The number of fused-ring (bicyclic) bond motifs is 1. The summed E-state index contributed by atoms with van der Waals surface area (Å²) in [6.07, 6.45) is 4.01. The highest BCUT2D eigenvalue weighted by Gasteiger charge is 2.16. The van der Waals surface area contributed by atoms with E-state index in [1.54, 1.807) is 17.8 Å². The average Bonchev–Trinajstić information content (AvgIpc) is 2.99. The average molecular weight is 292 g/mol. The molecule has 0 radical (unpaired) electrons. The first kappa shape index (κ1) is 12.6. The Morgan fingerprint density at radius 3 is 2.85 bits per heavy atom. The van der Waals surface area contributed by atoms with E-state index in [-0.39, 0.29) is 4.90 Å². The van der Waals surface area contributed by atoms with E-state index < -0.39 is 10.0 Å². The van der Waals surface area contributed by atoms with Crippen LogP contribution in [0.2, 0.25) is 0 Å². The maximum absolute atomic E-state index is 12.1. The molecule has 2 N–H and O–H groups in total. The van der Waals surface area contributed by atoms with Gasteiger partial charge in [0, 0.05) is 18.6 Å². The number of nitrogens with zero attached hydrogens (tertiary/aromatic N) is 4. The molecule has 0 amide bonds. The van der Waals surface area contributed by atoms with Gasteiger partial charge in [-0.15, -0.1) is 0 Å². The van der Waals surface area contributed by atoms with Crippen molar-refractivity contribution >= 4 is 26.7 Å². The molecule has 3 aromatic rings. The van der Waals surface area contributed by atoms with Crippen molar-refractivity contribution in [2.24, 2.45) is 7.05 Å². The van der Waals surface area contributed by atoms with Crippen LogP contribution in [0.4, 0.5) is 5.69 Å². The minimum Gasteiger partial charge on any atom is -0.284 e. The number of hydrogen-bond acceptors (Lipinski definition) is 5. The molecule has 8 nitrogen and oxygen atoms in total. The Balaban J connectivity index is 2.02. The molecule has 0 aliphatic rings. The van der Waals surface area contributed by atoms with Gasteiger partial charge < -0.3 is 0 Å². The summed E-state index contributed by atoms with van der Waals surface area (Å²) in [6.45, 7) is 1.85. The Morgan fingerprint density at radius 1 is 1.35 bits per heavy atom. The molecule has 0 saturated carbocycles. The second-order valence-electron chi connectivity index (χ2n) is 4.34. The highest BCUT2D eigenvalue weighted by molar-refractivity contribution is 7.92. The van der Waals surface area contributed by atoms with Gasteiger partial charge in [0.15, 0.2) is 5.65 Å². The molecule has 0 bridgehead atoms. The first-order valence-corrected chi connectivity index (χ1v) is 7.26. The molecule has 3 heterocycles. The van der Waals surface area contributed by atoms with Gasteiger partial charge in [-0.05, 0) is 13.0 Å². The Bertz CT molecular complexity index is 866. The van der Waals surface area contributed by atoms with E-state index >= 15 is 0 Å². The molecule has 0 fully saturated rings. The van der Waals surface area contributed by atoms with Crippen molar-refractivity contribution in [3.8, 4) is 0 Å². The molecule has 104 valence electrons. The standard InChI is InChI=1S/C11H12N6O2S/c1-7-10-3-8(4-12-11(10)17(2)15-7)16-20(18,19)9-5-13-14-6-9/h3-6,16H,1-2H3,(H,13,14). The van der Waals surface area contributed by atoms with Crippen molar-refractivity contribution in [2.75, 3.05) is 4.72 Å². The molecular weight excluding hydrogens is 280 g/mol. The van der Waals surface area contributed by atoms with Crippen molar-refractivity contribution in [2.45, 2.75) is 11.8 Å². The normalized spacial score (nSPS) is 11.9. The molecule has 9 heteroatoms. The fourth-order valence-electron chi connectivity index (χ4n) is 1.96. The predicted molar refractivity (Wildman–Crippen MR) is 72.6 cm³/mol. The fourth-order valence-corrected chi connectivity index (χ4v) is 2.90. The van der Waals surface area contributed by atoms with E-state index in [1.807, 2.05) is 6.92 Å². The third-order valence-electron chi connectivity index (χ3n) is 2.90. The van der Waals surface area contributed by atoms with Crippen LogP contribution in [0.25, 0.3) is 11.0 Å². The lowest BCUT2D eigenvalue weighted by Crippen LogP contribution is -2.12. The van der Waals surface area contributed by atoms with Crippen LogP contribution in [-0.2, 0) is 17.1 Å². The number of aromatic nitrogens is 5. The van der Waals surface area contributed by atoms with Crippen LogP contribution in [0.1, 0.15) is 5.69 Å². The van der Waals surface area contributed by atoms with E-state index in [4.69, 9.17) is 0 Å². The summed E-state index contributed by atoms with van der Waals surface area (Å²) in [7, 11) is -1.87. The molecule has 3 rings (SSSR count). The monoisotopic (exact) mass is 292 g/mol. The molecule has 0 atom stereocenters. The Morgan fingerprint density at radius 2 is 2.15 bits per heavy atom.